The molecule has 5 rings (SSSR count). The maximum atomic E-state index is 12.3. The molecular formula is C15H22N2O4. The first-order valence-electron chi connectivity index (χ1n) is 7.71. The summed E-state index contributed by atoms with van der Waals surface area (Å²) in [6.45, 7) is 5.44. The minimum Gasteiger partial charge on any atom is -0.442 e. The molecule has 5 aliphatic rings. The van der Waals surface area contributed by atoms with E-state index in [2.05, 4.69) is 0 Å². The summed E-state index contributed by atoms with van der Waals surface area (Å²) in [7, 11) is 1.39. The lowest BCUT2D eigenvalue weighted by molar-refractivity contribution is -0.298. The zero-order chi connectivity index (χ0) is 15.2. The lowest BCUT2D eigenvalue weighted by Crippen LogP contribution is -2.70. The van der Waals surface area contributed by atoms with Gasteiger partial charge in [-0.15, -0.1) is 5.17 Å². The summed E-state index contributed by atoms with van der Waals surface area (Å²) in [6, 6.07) is -0.407. The van der Waals surface area contributed by atoms with Crippen molar-refractivity contribution in [3.63, 3.8) is 0 Å². The zero-order valence-corrected chi connectivity index (χ0v) is 13.0. The number of hydrogen-bond acceptors (Lipinski definition) is 4. The van der Waals surface area contributed by atoms with E-state index in [0.717, 1.165) is 29.3 Å². The summed E-state index contributed by atoms with van der Waals surface area (Å²) in [6.07, 6.45) is 2.88. The molecular weight excluding hydrogens is 272 g/mol. The van der Waals surface area contributed by atoms with Gasteiger partial charge in [0.2, 0.25) is 0 Å². The number of hydrogen-bond donors (Lipinski definition) is 0. The van der Waals surface area contributed by atoms with Crippen LogP contribution in [0.1, 0.15) is 40.0 Å². The molecule has 6 nitrogen and oxygen atoms in total. The van der Waals surface area contributed by atoms with Crippen LogP contribution in [0.25, 0.3) is 0 Å². The first-order chi connectivity index (χ1) is 9.81. The maximum Gasteiger partial charge on any atom is 0.432 e. The molecule has 1 saturated heterocycles. The van der Waals surface area contributed by atoms with Gasteiger partial charge in [-0.3, -0.25) is 9.63 Å². The van der Waals surface area contributed by atoms with E-state index in [1.807, 2.05) is 20.8 Å². The number of carbonyl (C=O) groups is 2. The third-order valence-corrected chi connectivity index (χ3v) is 5.70. The predicted molar refractivity (Wildman–Crippen MR) is 72.5 cm³/mol. The van der Waals surface area contributed by atoms with Gasteiger partial charge in [0.1, 0.15) is 11.6 Å². The van der Waals surface area contributed by atoms with Crippen molar-refractivity contribution in [1.82, 2.24) is 10.2 Å². The molecule has 116 valence electrons. The molecule has 1 heterocycles. The number of nitrogens with zero attached hydrogens (tertiary/aromatic N) is 2. The second-order valence-electron chi connectivity index (χ2n) is 7.77. The Hall–Kier alpha value is -1.30. The van der Waals surface area contributed by atoms with Crippen LogP contribution in [0.5, 0.6) is 0 Å². The van der Waals surface area contributed by atoms with Crippen molar-refractivity contribution < 1.29 is 19.2 Å². The molecule has 0 radical (unpaired) electrons. The number of ether oxygens (including phenoxy) is 1. The van der Waals surface area contributed by atoms with Gasteiger partial charge < -0.3 is 4.74 Å². The highest BCUT2D eigenvalue weighted by molar-refractivity contribution is 5.92. The molecule has 21 heavy (non-hydrogen) atoms. The molecule has 5 atom stereocenters. The lowest BCUT2D eigenvalue weighted by Gasteiger charge is -2.47. The van der Waals surface area contributed by atoms with Crippen molar-refractivity contribution in [2.45, 2.75) is 51.7 Å². The van der Waals surface area contributed by atoms with E-state index in [1.165, 1.54) is 25.0 Å². The van der Waals surface area contributed by atoms with Gasteiger partial charge in [0, 0.05) is 0 Å². The fourth-order valence-corrected chi connectivity index (χ4v) is 4.88. The first kappa shape index (κ1) is 13.4. The number of rotatable bonds is 3. The highest BCUT2D eigenvalue weighted by atomic mass is 16.7. The van der Waals surface area contributed by atoms with Crippen LogP contribution in [-0.2, 0) is 14.4 Å². The van der Waals surface area contributed by atoms with Crippen LogP contribution < -0.4 is 0 Å². The van der Waals surface area contributed by atoms with Gasteiger partial charge in [0.15, 0.2) is 0 Å². The molecule has 4 saturated carbocycles. The zero-order valence-electron chi connectivity index (χ0n) is 13.0. The molecule has 2 amide bonds. The molecule has 0 N–H and O–H groups in total. The monoisotopic (exact) mass is 294 g/mol. The molecule has 6 heteroatoms. The minimum absolute atomic E-state index is 0.130. The molecule has 0 aromatic rings. The molecule has 2 bridgehead atoms. The van der Waals surface area contributed by atoms with Crippen molar-refractivity contribution in [1.29, 1.82) is 0 Å². The summed E-state index contributed by atoms with van der Waals surface area (Å²) >= 11 is 0. The molecule has 4 aliphatic carbocycles. The van der Waals surface area contributed by atoms with E-state index in [4.69, 9.17) is 9.57 Å². The second-order valence-corrected chi connectivity index (χ2v) is 7.77. The lowest BCUT2D eigenvalue weighted by atomic mass is 9.95. The van der Waals surface area contributed by atoms with E-state index in [0.29, 0.717) is 5.41 Å². The Labute approximate surface area is 124 Å². The summed E-state index contributed by atoms with van der Waals surface area (Å²) < 4.78 is 5.38. The Morgan fingerprint density at radius 1 is 1.33 bits per heavy atom. The van der Waals surface area contributed by atoms with Crippen molar-refractivity contribution >= 4 is 12.0 Å². The van der Waals surface area contributed by atoms with Gasteiger partial charge in [-0.2, -0.15) is 5.01 Å². The number of amides is 2. The van der Waals surface area contributed by atoms with E-state index < -0.39 is 17.7 Å². The molecule has 0 aromatic carbocycles. The fraction of sp³-hybridized carbons (Fsp3) is 0.867. The minimum atomic E-state index is -0.585. The van der Waals surface area contributed by atoms with E-state index in [9.17, 15) is 9.59 Å². The number of fused-ring (bicyclic) bond motifs is 1. The quantitative estimate of drug-likeness (QED) is 0.798. The molecule has 2 unspecified atom stereocenters. The average Bonchev–Trinajstić information content (AvgIpc) is 3.01. The maximum absolute atomic E-state index is 12.3. The molecule has 0 aromatic heterocycles. The van der Waals surface area contributed by atoms with Gasteiger partial charge in [-0.25, -0.2) is 4.79 Å². The van der Waals surface area contributed by atoms with Gasteiger partial charge in [0.05, 0.1) is 7.11 Å². The van der Waals surface area contributed by atoms with Crippen molar-refractivity contribution in [3.8, 4) is 0 Å². The summed E-state index contributed by atoms with van der Waals surface area (Å²) in [4.78, 5) is 29.5. The van der Waals surface area contributed by atoms with Crippen molar-refractivity contribution in [2.75, 3.05) is 7.11 Å². The Kier molecular flexibility index (Phi) is 2.37. The molecule has 1 aliphatic heterocycles. The Bertz CT molecular complexity index is 505. The summed E-state index contributed by atoms with van der Waals surface area (Å²) in [5.74, 6) is 2.33. The number of hydroxylamine groups is 1. The van der Waals surface area contributed by atoms with Gasteiger partial charge in [-0.05, 0) is 63.2 Å². The van der Waals surface area contributed by atoms with Crippen molar-refractivity contribution in [3.05, 3.63) is 0 Å². The predicted octanol–water partition coefficient (Wildman–Crippen LogP) is 1.96. The second kappa shape index (κ2) is 3.72. The van der Waals surface area contributed by atoms with Crippen LogP contribution in [0.2, 0.25) is 0 Å². The van der Waals surface area contributed by atoms with Crippen LogP contribution in [0.3, 0.4) is 0 Å². The summed E-state index contributed by atoms with van der Waals surface area (Å²) in [5.41, 5.74) is -0.209. The van der Waals surface area contributed by atoms with E-state index >= 15 is 0 Å². The van der Waals surface area contributed by atoms with Crippen LogP contribution in [0, 0.1) is 23.2 Å². The smallest absolute Gasteiger partial charge is 0.432 e. The van der Waals surface area contributed by atoms with Crippen LogP contribution in [0.4, 0.5) is 4.79 Å². The largest absolute Gasteiger partial charge is 0.442 e. The van der Waals surface area contributed by atoms with Crippen LogP contribution in [0.15, 0.2) is 0 Å². The number of carbonyl (C=O) groups excluding carboxylic acids is 2. The summed E-state index contributed by atoms with van der Waals surface area (Å²) in [5, 5.41) is 2.37. The topological polar surface area (TPSA) is 59.1 Å². The van der Waals surface area contributed by atoms with Gasteiger partial charge in [0.25, 0.3) is 5.91 Å². The SMILES string of the molecule is CON1C(=O)[C@H](CC23C4CC[C@@H]2[C@H]43)N1C(=O)OC(C)(C)C. The Morgan fingerprint density at radius 2 is 1.95 bits per heavy atom. The number of hydrazine groups is 1. The average molecular weight is 294 g/mol. The van der Waals surface area contributed by atoms with Crippen LogP contribution in [-0.4, -0.2) is 40.9 Å². The highest BCUT2D eigenvalue weighted by Crippen LogP contribution is 2.93. The fourth-order valence-electron chi connectivity index (χ4n) is 4.88. The Balaban J connectivity index is 1.47. The third-order valence-electron chi connectivity index (χ3n) is 5.70. The normalized spacial score (nSPS) is 42.6. The third kappa shape index (κ3) is 1.57. The highest BCUT2D eigenvalue weighted by Gasteiger charge is 2.89. The molecule has 0 spiro atoms. The van der Waals surface area contributed by atoms with Gasteiger partial charge >= 0.3 is 6.09 Å². The van der Waals surface area contributed by atoms with E-state index in [1.54, 1.807) is 0 Å². The first-order valence-corrected chi connectivity index (χ1v) is 7.71. The standard InChI is InChI=1S/C15H22N2O4/c1-14(2,3)21-13(19)16-10(12(18)17(16)20-4)7-15-8-5-6-9(15)11(8)15/h8-11H,5-7H2,1-4H3/t8-,9?,10+,11-,15?/m1/s1. The van der Waals surface area contributed by atoms with Crippen molar-refractivity contribution in [2.24, 2.45) is 23.2 Å². The van der Waals surface area contributed by atoms with E-state index in [-0.39, 0.29) is 5.91 Å². The van der Waals surface area contributed by atoms with Gasteiger partial charge in [-0.1, -0.05) is 0 Å². The molecule has 5 fully saturated rings. The Morgan fingerprint density at radius 3 is 2.43 bits per heavy atom. The van der Waals surface area contributed by atoms with Crippen LogP contribution >= 0.6 is 0 Å².